The zero-order valence-corrected chi connectivity index (χ0v) is 16.5. The fourth-order valence-corrected chi connectivity index (χ4v) is 3.38. The Morgan fingerprint density at radius 3 is 2.69 bits per heavy atom. The molecule has 3 N–H and O–H groups in total. The maximum atomic E-state index is 12.4. The SMILES string of the molecule is Cl.O.O=C1c2c(Cl)cc(Cl)c(Cl)c2CN1CC(O)COCc1ccco1. The van der Waals surface area contributed by atoms with E-state index in [2.05, 4.69) is 0 Å². The highest BCUT2D eigenvalue weighted by atomic mass is 35.5. The number of carbonyl (C=O) groups excluding carboxylic acids is 1. The van der Waals surface area contributed by atoms with Crippen LogP contribution in [0.15, 0.2) is 28.9 Å². The van der Waals surface area contributed by atoms with Gasteiger partial charge in [0.25, 0.3) is 5.91 Å². The lowest BCUT2D eigenvalue weighted by molar-refractivity contribution is 0.00619. The molecule has 0 saturated heterocycles. The minimum absolute atomic E-state index is 0. The van der Waals surface area contributed by atoms with Gasteiger partial charge in [-0.2, -0.15) is 0 Å². The van der Waals surface area contributed by atoms with Crippen LogP contribution in [0, 0.1) is 0 Å². The molecular weight excluding hydrogens is 428 g/mol. The van der Waals surface area contributed by atoms with E-state index in [9.17, 15) is 9.90 Å². The fourth-order valence-electron chi connectivity index (χ4n) is 2.59. The number of hydrogen-bond donors (Lipinski definition) is 1. The van der Waals surface area contributed by atoms with Crippen LogP contribution >= 0.6 is 47.2 Å². The molecule has 1 aliphatic rings. The summed E-state index contributed by atoms with van der Waals surface area (Å²) >= 11 is 18.2. The molecular formula is C16H17Cl4NO5. The molecule has 3 rings (SSSR count). The largest absolute Gasteiger partial charge is 0.467 e. The number of fused-ring (bicyclic) bond motifs is 1. The predicted molar refractivity (Wildman–Crippen MR) is 101 cm³/mol. The number of amides is 1. The Balaban J connectivity index is 0.00000169. The van der Waals surface area contributed by atoms with Gasteiger partial charge >= 0.3 is 0 Å². The molecule has 0 spiro atoms. The molecule has 1 aromatic carbocycles. The third-order valence-electron chi connectivity index (χ3n) is 3.68. The molecule has 0 bridgehead atoms. The van der Waals surface area contributed by atoms with Gasteiger partial charge < -0.3 is 24.6 Å². The molecule has 0 saturated carbocycles. The summed E-state index contributed by atoms with van der Waals surface area (Å²) < 4.78 is 10.5. The topological polar surface area (TPSA) is 94.4 Å². The number of halogens is 4. The van der Waals surface area contributed by atoms with Crippen LogP contribution < -0.4 is 0 Å². The van der Waals surface area contributed by atoms with Crippen LogP contribution in [-0.4, -0.2) is 40.6 Å². The number of aliphatic hydroxyl groups excluding tert-OH is 1. The standard InChI is InChI=1S/C16H14Cl3NO4.ClH.H2O/c17-12-4-13(18)15(19)11-6-20(16(22)14(11)12)5-9(21)7-23-8-10-2-1-3-24-10;;/h1-4,9,21H,5-8H2;1H;1H2. The second-order valence-electron chi connectivity index (χ2n) is 5.44. The van der Waals surface area contributed by atoms with Gasteiger partial charge in [0, 0.05) is 18.7 Å². The first-order chi connectivity index (χ1) is 11.5. The van der Waals surface area contributed by atoms with Gasteiger partial charge in [-0.25, -0.2) is 0 Å². The summed E-state index contributed by atoms with van der Waals surface area (Å²) in [5, 5.41) is 11.0. The zero-order valence-electron chi connectivity index (χ0n) is 13.4. The number of ether oxygens (including phenoxy) is 1. The molecule has 2 heterocycles. The molecule has 0 radical (unpaired) electrons. The van der Waals surface area contributed by atoms with Crippen LogP contribution in [0.25, 0.3) is 0 Å². The van der Waals surface area contributed by atoms with Gasteiger partial charge in [-0.3, -0.25) is 4.79 Å². The van der Waals surface area contributed by atoms with E-state index in [1.54, 1.807) is 18.4 Å². The third kappa shape index (κ3) is 4.84. The smallest absolute Gasteiger partial charge is 0.256 e. The van der Waals surface area contributed by atoms with E-state index in [1.807, 2.05) is 0 Å². The zero-order chi connectivity index (χ0) is 17.3. The van der Waals surface area contributed by atoms with Crippen molar-refractivity contribution in [3.63, 3.8) is 0 Å². The number of nitrogens with zero attached hydrogens (tertiary/aromatic N) is 1. The van der Waals surface area contributed by atoms with Crippen molar-refractivity contribution >= 4 is 53.1 Å². The van der Waals surface area contributed by atoms with Crippen LogP contribution in [0.5, 0.6) is 0 Å². The van der Waals surface area contributed by atoms with Crippen molar-refractivity contribution in [1.82, 2.24) is 4.90 Å². The van der Waals surface area contributed by atoms with Crippen molar-refractivity contribution in [3.05, 3.63) is 56.4 Å². The fraction of sp³-hybridized carbons (Fsp3) is 0.312. The van der Waals surface area contributed by atoms with Crippen LogP contribution in [0.2, 0.25) is 15.1 Å². The molecule has 144 valence electrons. The quantitative estimate of drug-likeness (QED) is 0.691. The van der Waals surface area contributed by atoms with Gasteiger partial charge in [-0.05, 0) is 18.2 Å². The van der Waals surface area contributed by atoms with Gasteiger partial charge in [0.2, 0.25) is 0 Å². The van der Waals surface area contributed by atoms with Crippen molar-refractivity contribution < 1.29 is 24.5 Å². The molecule has 1 aromatic heterocycles. The summed E-state index contributed by atoms with van der Waals surface area (Å²) in [6.07, 6.45) is 0.708. The average molecular weight is 445 g/mol. The summed E-state index contributed by atoms with van der Waals surface area (Å²) in [4.78, 5) is 13.9. The molecule has 1 amide bonds. The molecule has 26 heavy (non-hydrogen) atoms. The lowest BCUT2D eigenvalue weighted by Gasteiger charge is -2.19. The van der Waals surface area contributed by atoms with E-state index in [0.717, 1.165) is 0 Å². The van der Waals surface area contributed by atoms with Crippen molar-refractivity contribution in [2.24, 2.45) is 0 Å². The lowest BCUT2D eigenvalue weighted by Crippen LogP contribution is -2.35. The normalized spacial score (nSPS) is 13.8. The number of benzene rings is 1. The second kappa shape index (κ2) is 9.80. The Labute approximate surface area is 171 Å². The molecule has 1 aliphatic heterocycles. The van der Waals surface area contributed by atoms with E-state index >= 15 is 0 Å². The number of hydrogen-bond acceptors (Lipinski definition) is 4. The van der Waals surface area contributed by atoms with E-state index in [-0.39, 0.29) is 55.1 Å². The van der Waals surface area contributed by atoms with E-state index in [1.165, 1.54) is 11.0 Å². The highest BCUT2D eigenvalue weighted by Gasteiger charge is 2.33. The molecule has 6 nitrogen and oxygen atoms in total. The van der Waals surface area contributed by atoms with E-state index in [0.29, 0.717) is 26.9 Å². The molecule has 1 unspecified atom stereocenters. The maximum absolute atomic E-state index is 12.4. The first-order valence-electron chi connectivity index (χ1n) is 7.21. The summed E-state index contributed by atoms with van der Waals surface area (Å²) in [6, 6.07) is 4.99. The Morgan fingerprint density at radius 1 is 1.31 bits per heavy atom. The van der Waals surface area contributed by atoms with Gasteiger partial charge in [0.05, 0.1) is 39.6 Å². The van der Waals surface area contributed by atoms with Crippen molar-refractivity contribution in [1.29, 1.82) is 0 Å². The Bertz CT molecular complexity index is 754. The molecule has 2 aromatic rings. The Hall–Kier alpha value is -0.990. The monoisotopic (exact) mass is 443 g/mol. The molecule has 1 atom stereocenters. The molecule has 0 fully saturated rings. The van der Waals surface area contributed by atoms with Gasteiger partial charge in [0.1, 0.15) is 12.4 Å². The summed E-state index contributed by atoms with van der Waals surface area (Å²) in [5.41, 5.74) is 0.928. The Kier molecular flexibility index (Phi) is 8.69. The van der Waals surface area contributed by atoms with Gasteiger partial charge in [0.15, 0.2) is 0 Å². The number of furan rings is 1. The summed E-state index contributed by atoms with van der Waals surface area (Å²) in [5.74, 6) is 0.388. The average Bonchev–Trinajstić information content (AvgIpc) is 3.14. The number of β-amino-alcohol motifs (C(OH)–C–C–N with tert-alkyl or cyclic N) is 1. The van der Waals surface area contributed by atoms with Gasteiger partial charge in [-0.15, -0.1) is 12.4 Å². The summed E-state index contributed by atoms with van der Waals surface area (Å²) in [6.45, 7) is 0.688. The molecule has 0 aliphatic carbocycles. The van der Waals surface area contributed by atoms with Crippen LogP contribution in [0.1, 0.15) is 21.7 Å². The summed E-state index contributed by atoms with van der Waals surface area (Å²) in [7, 11) is 0. The second-order valence-corrected chi connectivity index (χ2v) is 6.63. The van der Waals surface area contributed by atoms with E-state index < -0.39 is 6.10 Å². The van der Waals surface area contributed by atoms with Crippen molar-refractivity contribution in [2.75, 3.05) is 13.2 Å². The number of rotatable bonds is 6. The minimum Gasteiger partial charge on any atom is -0.467 e. The first-order valence-corrected chi connectivity index (χ1v) is 8.34. The Morgan fingerprint density at radius 2 is 2.04 bits per heavy atom. The molecule has 10 heteroatoms. The number of aliphatic hydroxyl groups is 1. The highest BCUT2D eigenvalue weighted by Crippen LogP contribution is 2.39. The third-order valence-corrected chi connectivity index (χ3v) is 4.81. The van der Waals surface area contributed by atoms with E-state index in [4.69, 9.17) is 44.0 Å². The first kappa shape index (κ1) is 23.0. The predicted octanol–water partition coefficient (Wildman–Crippen LogP) is 3.37. The minimum atomic E-state index is -0.841. The highest BCUT2D eigenvalue weighted by molar-refractivity contribution is 6.45. The van der Waals surface area contributed by atoms with Crippen molar-refractivity contribution in [3.8, 4) is 0 Å². The number of carbonyl (C=O) groups is 1. The van der Waals surface area contributed by atoms with Crippen molar-refractivity contribution in [2.45, 2.75) is 19.3 Å². The van der Waals surface area contributed by atoms with Gasteiger partial charge in [-0.1, -0.05) is 34.8 Å². The van der Waals surface area contributed by atoms with Crippen LogP contribution in [0.4, 0.5) is 0 Å². The lowest BCUT2D eigenvalue weighted by atomic mass is 10.1. The van der Waals surface area contributed by atoms with Crippen LogP contribution in [0.3, 0.4) is 0 Å². The maximum Gasteiger partial charge on any atom is 0.256 e. The van der Waals surface area contributed by atoms with Crippen LogP contribution in [-0.2, 0) is 17.9 Å².